The molecule has 212 valence electrons. The summed E-state index contributed by atoms with van der Waals surface area (Å²) in [5.41, 5.74) is 9.95. The fourth-order valence-corrected chi connectivity index (χ4v) is 4.15. The quantitative estimate of drug-likeness (QED) is 0.105. The molecule has 0 atom stereocenters. The van der Waals surface area contributed by atoms with E-state index in [1.807, 2.05) is 29.6 Å². The molecule has 0 spiro atoms. The van der Waals surface area contributed by atoms with Crippen molar-refractivity contribution in [3.63, 3.8) is 0 Å². The van der Waals surface area contributed by atoms with Crippen molar-refractivity contribution in [3.8, 4) is 11.3 Å². The number of non-ortho nitro benzene ring substituents is 1. The lowest BCUT2D eigenvalue weighted by atomic mass is 10.1. The number of nitrogens with two attached hydrogens (primary N) is 1. The predicted molar refractivity (Wildman–Crippen MR) is 161 cm³/mol. The van der Waals surface area contributed by atoms with Crippen LogP contribution in [0.5, 0.6) is 0 Å². The summed E-state index contributed by atoms with van der Waals surface area (Å²) in [4.78, 5) is 37.3. The van der Waals surface area contributed by atoms with Crippen LogP contribution in [0.2, 0.25) is 0 Å². The Morgan fingerprint density at radius 2 is 1.41 bits per heavy atom. The standard InChI is InChI=1S/C18H15N3O4S.C10H12N2O2S/c1-25-17(22)14-4-2-12(3-5-14)10-19-18-20-16(11-26-18)13-6-8-15(9-7-13)21(23)24;1-14-9(13)8-4-2-7(3-5-8)6-12-10(11)15/h2-9,11H,10H2,1H3,(H,19,20);2-5H,6H2,1H3,(H3,11,12,15). The lowest BCUT2D eigenvalue weighted by Gasteiger charge is -2.04. The maximum atomic E-state index is 11.4. The molecule has 41 heavy (non-hydrogen) atoms. The van der Waals surface area contributed by atoms with Gasteiger partial charge < -0.3 is 25.8 Å². The van der Waals surface area contributed by atoms with Crippen molar-refractivity contribution in [1.29, 1.82) is 0 Å². The van der Waals surface area contributed by atoms with Gasteiger partial charge in [0.1, 0.15) is 0 Å². The lowest BCUT2D eigenvalue weighted by Crippen LogP contribution is -2.28. The highest BCUT2D eigenvalue weighted by Gasteiger charge is 2.09. The summed E-state index contributed by atoms with van der Waals surface area (Å²) in [6, 6.07) is 20.5. The molecule has 3 aromatic carbocycles. The number of aromatic nitrogens is 1. The maximum Gasteiger partial charge on any atom is 0.337 e. The van der Waals surface area contributed by atoms with Crippen LogP contribution in [0.15, 0.2) is 78.2 Å². The maximum absolute atomic E-state index is 11.4. The Labute approximate surface area is 245 Å². The van der Waals surface area contributed by atoms with Crippen LogP contribution < -0.4 is 16.4 Å². The molecule has 0 fully saturated rings. The normalized spacial score (nSPS) is 10.0. The number of nitro groups is 1. The number of hydrogen-bond donors (Lipinski definition) is 3. The first-order valence-corrected chi connectivity index (χ1v) is 13.3. The van der Waals surface area contributed by atoms with Gasteiger partial charge in [0, 0.05) is 36.2 Å². The van der Waals surface area contributed by atoms with Gasteiger partial charge in [0.25, 0.3) is 5.69 Å². The predicted octanol–water partition coefficient (Wildman–Crippen LogP) is 4.92. The fourth-order valence-electron chi connectivity index (χ4n) is 3.36. The molecule has 11 nitrogen and oxygen atoms in total. The van der Waals surface area contributed by atoms with E-state index in [4.69, 9.17) is 5.73 Å². The Bertz CT molecular complexity index is 1490. The Balaban J connectivity index is 0.000000263. The molecular weight excluding hydrogens is 566 g/mol. The number of carbonyl (C=O) groups excluding carboxylic acids is 2. The van der Waals surface area contributed by atoms with E-state index in [1.165, 1.54) is 37.7 Å². The topological polar surface area (TPSA) is 159 Å². The molecular formula is C28H27N5O6S2. The van der Waals surface area contributed by atoms with Gasteiger partial charge in [-0.1, -0.05) is 24.3 Å². The van der Waals surface area contributed by atoms with E-state index in [0.717, 1.165) is 27.5 Å². The SMILES string of the molecule is COC(=O)c1ccc(CNC(N)=S)cc1.COC(=O)c1ccc(CNc2nc(-c3ccc([N+](=O)[O-])cc3)cs2)cc1. The molecule has 4 N–H and O–H groups in total. The number of carbonyl (C=O) groups is 2. The van der Waals surface area contributed by atoms with Crippen molar-refractivity contribution in [2.45, 2.75) is 13.1 Å². The van der Waals surface area contributed by atoms with E-state index in [1.54, 1.807) is 36.4 Å². The summed E-state index contributed by atoms with van der Waals surface area (Å²) in [7, 11) is 2.70. The zero-order valence-electron chi connectivity index (χ0n) is 22.2. The number of methoxy groups -OCH3 is 2. The van der Waals surface area contributed by atoms with Crippen molar-refractivity contribution in [3.05, 3.63) is 111 Å². The smallest absolute Gasteiger partial charge is 0.337 e. The Morgan fingerprint density at radius 1 is 0.902 bits per heavy atom. The van der Waals surface area contributed by atoms with Crippen molar-refractivity contribution in [1.82, 2.24) is 10.3 Å². The van der Waals surface area contributed by atoms with Crippen molar-refractivity contribution in [2.75, 3.05) is 19.5 Å². The first-order valence-electron chi connectivity index (χ1n) is 12.0. The van der Waals surface area contributed by atoms with Gasteiger partial charge in [-0.15, -0.1) is 11.3 Å². The molecule has 1 heterocycles. The highest BCUT2D eigenvalue weighted by atomic mass is 32.1. The molecule has 4 aromatic rings. The number of nitrogens with zero attached hydrogens (tertiary/aromatic N) is 2. The van der Waals surface area contributed by atoms with Crippen molar-refractivity contribution < 1.29 is 24.0 Å². The third-order valence-electron chi connectivity index (χ3n) is 5.54. The third-order valence-corrected chi connectivity index (χ3v) is 6.48. The van der Waals surface area contributed by atoms with Gasteiger partial charge in [0.2, 0.25) is 0 Å². The average Bonchev–Trinajstić information content (AvgIpc) is 3.48. The zero-order chi connectivity index (χ0) is 29.8. The minimum atomic E-state index is -0.427. The molecule has 0 unspecified atom stereocenters. The summed E-state index contributed by atoms with van der Waals surface area (Å²) < 4.78 is 9.25. The molecule has 0 amide bonds. The van der Waals surface area contributed by atoms with E-state index in [-0.39, 0.29) is 22.7 Å². The molecule has 0 saturated carbocycles. The molecule has 0 radical (unpaired) electrons. The summed E-state index contributed by atoms with van der Waals surface area (Å²) in [5, 5.41) is 19.6. The Hall–Kier alpha value is -4.88. The summed E-state index contributed by atoms with van der Waals surface area (Å²) in [5.74, 6) is -0.707. The number of nitro benzene ring substituents is 1. The van der Waals surface area contributed by atoms with Crippen molar-refractivity contribution in [2.24, 2.45) is 5.73 Å². The van der Waals surface area contributed by atoms with Crippen LogP contribution in [0.25, 0.3) is 11.3 Å². The molecule has 0 aliphatic heterocycles. The second kappa shape index (κ2) is 15.1. The minimum absolute atomic E-state index is 0.0535. The molecule has 0 aliphatic carbocycles. The van der Waals surface area contributed by atoms with Gasteiger partial charge in [0.15, 0.2) is 10.2 Å². The monoisotopic (exact) mass is 593 g/mol. The van der Waals surface area contributed by atoms with Crippen LogP contribution in [0, 0.1) is 10.1 Å². The highest BCUT2D eigenvalue weighted by Crippen LogP contribution is 2.26. The molecule has 1 aromatic heterocycles. The number of hydrogen-bond acceptors (Lipinski definition) is 10. The number of thiocarbonyl (C=S) groups is 1. The number of rotatable bonds is 9. The van der Waals surface area contributed by atoms with Crippen LogP contribution in [-0.4, -0.2) is 41.2 Å². The van der Waals surface area contributed by atoms with Crippen LogP contribution in [0.3, 0.4) is 0 Å². The minimum Gasteiger partial charge on any atom is -0.465 e. The van der Waals surface area contributed by atoms with Gasteiger partial charge in [-0.25, -0.2) is 14.6 Å². The third kappa shape index (κ3) is 9.37. The van der Waals surface area contributed by atoms with E-state index >= 15 is 0 Å². The van der Waals surface area contributed by atoms with E-state index in [0.29, 0.717) is 24.2 Å². The van der Waals surface area contributed by atoms with Crippen LogP contribution >= 0.6 is 23.6 Å². The summed E-state index contributed by atoms with van der Waals surface area (Å²) >= 11 is 6.13. The van der Waals surface area contributed by atoms with Crippen LogP contribution in [-0.2, 0) is 22.6 Å². The van der Waals surface area contributed by atoms with Gasteiger partial charge >= 0.3 is 11.9 Å². The van der Waals surface area contributed by atoms with Gasteiger partial charge in [-0.3, -0.25) is 10.1 Å². The number of ether oxygens (including phenoxy) is 2. The second-order valence-corrected chi connectivity index (χ2v) is 9.59. The van der Waals surface area contributed by atoms with E-state index < -0.39 is 4.92 Å². The number of thiazole rings is 1. The Kier molecular flexibility index (Phi) is 11.3. The van der Waals surface area contributed by atoms with Crippen LogP contribution in [0.4, 0.5) is 10.8 Å². The number of nitrogens with one attached hydrogen (secondary N) is 2. The van der Waals surface area contributed by atoms with Crippen LogP contribution in [0.1, 0.15) is 31.8 Å². The zero-order valence-corrected chi connectivity index (χ0v) is 23.8. The van der Waals surface area contributed by atoms with Gasteiger partial charge in [-0.2, -0.15) is 0 Å². The van der Waals surface area contributed by atoms with Gasteiger partial charge in [-0.05, 0) is 59.7 Å². The molecule has 4 rings (SSSR count). The molecule has 0 saturated heterocycles. The molecule has 0 bridgehead atoms. The van der Waals surface area contributed by atoms with E-state index in [2.05, 4.69) is 37.3 Å². The Morgan fingerprint density at radius 3 is 1.88 bits per heavy atom. The first-order chi connectivity index (χ1) is 19.7. The number of anilines is 1. The van der Waals surface area contributed by atoms with E-state index in [9.17, 15) is 19.7 Å². The summed E-state index contributed by atoms with van der Waals surface area (Å²) in [6.07, 6.45) is 0. The highest BCUT2D eigenvalue weighted by molar-refractivity contribution is 7.80. The molecule has 0 aliphatic rings. The molecule has 13 heteroatoms. The summed E-state index contributed by atoms with van der Waals surface area (Å²) in [6.45, 7) is 1.12. The van der Waals surface area contributed by atoms with Crippen molar-refractivity contribution >= 4 is 51.4 Å². The lowest BCUT2D eigenvalue weighted by molar-refractivity contribution is -0.384. The number of benzene rings is 3. The average molecular weight is 594 g/mol. The fraction of sp³-hybridized carbons (Fsp3) is 0.143. The number of esters is 2. The van der Waals surface area contributed by atoms with Gasteiger partial charge in [0.05, 0.1) is 36.0 Å². The largest absolute Gasteiger partial charge is 0.465 e. The first kappa shape index (κ1) is 30.7. The second-order valence-electron chi connectivity index (χ2n) is 8.29.